The van der Waals surface area contributed by atoms with Gasteiger partial charge in [0, 0.05) is 18.7 Å². The van der Waals surface area contributed by atoms with E-state index in [0.29, 0.717) is 18.5 Å². The molecule has 1 aromatic carbocycles. The Balaban J connectivity index is 2.26. The molecule has 0 amide bonds. The second-order valence-corrected chi connectivity index (χ2v) is 6.20. The molecule has 5 heteroatoms. The lowest BCUT2D eigenvalue weighted by molar-refractivity contribution is -0.0839. The fraction of sp³-hybridized carbons (Fsp3) is 0.600. The molecule has 1 fully saturated rings. The smallest absolute Gasteiger partial charge is 0.137 e. The summed E-state index contributed by atoms with van der Waals surface area (Å²) in [5.74, 6) is -0.834. The molecule has 1 atom stereocenters. The minimum absolute atomic E-state index is 0.152. The first-order valence-electron chi connectivity index (χ1n) is 6.94. The first kappa shape index (κ1) is 15.9. The minimum Gasteiger partial charge on any atom is -0.378 e. The number of hydrogen-bond donors (Lipinski definition) is 1. The fourth-order valence-electron chi connectivity index (χ4n) is 2.78. The third-order valence-electron chi connectivity index (χ3n) is 4.14. The lowest BCUT2D eigenvalue weighted by Crippen LogP contribution is -2.43. The van der Waals surface area contributed by atoms with Crippen LogP contribution < -0.4 is 5.32 Å². The third kappa shape index (κ3) is 3.21. The van der Waals surface area contributed by atoms with Crippen LogP contribution >= 0.6 is 15.9 Å². The van der Waals surface area contributed by atoms with Crippen molar-refractivity contribution in [2.24, 2.45) is 0 Å². The predicted molar refractivity (Wildman–Crippen MR) is 78.7 cm³/mol. The number of methoxy groups -OCH3 is 1. The second-order valence-electron chi connectivity index (χ2n) is 5.34. The van der Waals surface area contributed by atoms with E-state index in [0.717, 1.165) is 19.3 Å². The molecule has 1 aliphatic rings. The molecule has 112 valence electrons. The molecule has 2 rings (SSSR count). The molecule has 1 unspecified atom stereocenters. The average molecular weight is 348 g/mol. The van der Waals surface area contributed by atoms with E-state index >= 15 is 0 Å². The number of nitrogens with one attached hydrogen (secondary N) is 1. The summed E-state index contributed by atoms with van der Waals surface area (Å²) in [6.07, 6.45) is 3.75. The number of hydrogen-bond acceptors (Lipinski definition) is 2. The molecule has 0 aliphatic heterocycles. The van der Waals surface area contributed by atoms with Gasteiger partial charge in [-0.05, 0) is 60.3 Å². The van der Waals surface area contributed by atoms with Gasteiger partial charge < -0.3 is 10.1 Å². The standard InChI is InChI=1S/C15H20BrF2NO/c1-3-19-14(9-15(20-2)5-4-6-15)10-7-13(18)11(16)8-12(10)17/h7-8,14,19H,3-6,9H2,1-2H3. The van der Waals surface area contributed by atoms with Gasteiger partial charge in [0.2, 0.25) is 0 Å². The van der Waals surface area contributed by atoms with E-state index in [1.807, 2.05) is 6.92 Å². The van der Waals surface area contributed by atoms with E-state index in [9.17, 15) is 8.78 Å². The van der Waals surface area contributed by atoms with E-state index in [-0.39, 0.29) is 16.1 Å². The number of halogens is 3. The van der Waals surface area contributed by atoms with Crippen LogP contribution in [0.2, 0.25) is 0 Å². The SMILES string of the molecule is CCNC(CC1(OC)CCC1)c1cc(F)c(Br)cc1F. The zero-order chi connectivity index (χ0) is 14.8. The molecule has 0 bridgehead atoms. The molecule has 1 N–H and O–H groups in total. The summed E-state index contributed by atoms with van der Waals surface area (Å²) >= 11 is 3.01. The number of benzene rings is 1. The average Bonchev–Trinajstić information content (AvgIpc) is 2.37. The summed E-state index contributed by atoms with van der Waals surface area (Å²) in [6, 6.07) is 2.23. The Kier molecular flexibility index (Phi) is 5.15. The molecule has 0 saturated heterocycles. The van der Waals surface area contributed by atoms with Gasteiger partial charge in [-0.2, -0.15) is 0 Å². The normalized spacial score (nSPS) is 18.6. The van der Waals surface area contributed by atoms with Crippen molar-refractivity contribution in [3.8, 4) is 0 Å². The lowest BCUT2D eigenvalue weighted by atomic mass is 9.74. The largest absolute Gasteiger partial charge is 0.378 e. The summed E-state index contributed by atoms with van der Waals surface area (Å²) in [5, 5.41) is 3.24. The van der Waals surface area contributed by atoms with Crippen molar-refractivity contribution in [1.29, 1.82) is 0 Å². The molecule has 0 spiro atoms. The number of ether oxygens (including phenoxy) is 1. The van der Waals surface area contributed by atoms with Crippen molar-refractivity contribution in [3.05, 3.63) is 33.8 Å². The van der Waals surface area contributed by atoms with Crippen molar-refractivity contribution in [2.75, 3.05) is 13.7 Å². The Bertz CT molecular complexity index is 472. The van der Waals surface area contributed by atoms with Gasteiger partial charge in [0.05, 0.1) is 10.1 Å². The van der Waals surface area contributed by atoms with Crippen LogP contribution in [0.5, 0.6) is 0 Å². The van der Waals surface area contributed by atoms with Gasteiger partial charge in [0.15, 0.2) is 0 Å². The highest BCUT2D eigenvalue weighted by atomic mass is 79.9. The van der Waals surface area contributed by atoms with Crippen LogP contribution in [-0.2, 0) is 4.74 Å². The summed E-state index contributed by atoms with van der Waals surface area (Å²) in [7, 11) is 1.70. The zero-order valence-corrected chi connectivity index (χ0v) is 13.4. The van der Waals surface area contributed by atoms with E-state index < -0.39 is 11.6 Å². The highest BCUT2D eigenvalue weighted by molar-refractivity contribution is 9.10. The predicted octanol–water partition coefficient (Wildman–Crippen LogP) is 4.34. The molecule has 0 radical (unpaired) electrons. The second kappa shape index (κ2) is 6.50. The van der Waals surface area contributed by atoms with E-state index in [2.05, 4.69) is 21.2 Å². The maximum atomic E-state index is 14.1. The van der Waals surface area contributed by atoms with Gasteiger partial charge in [-0.1, -0.05) is 6.92 Å². The van der Waals surface area contributed by atoms with Crippen molar-refractivity contribution < 1.29 is 13.5 Å². The van der Waals surface area contributed by atoms with Crippen LogP contribution in [0.25, 0.3) is 0 Å². The Morgan fingerprint density at radius 1 is 1.35 bits per heavy atom. The highest BCUT2D eigenvalue weighted by Gasteiger charge is 2.39. The van der Waals surface area contributed by atoms with Crippen LogP contribution in [0.15, 0.2) is 16.6 Å². The first-order valence-corrected chi connectivity index (χ1v) is 7.73. The van der Waals surface area contributed by atoms with Crippen LogP contribution in [0.3, 0.4) is 0 Å². The Hall–Kier alpha value is -0.520. The van der Waals surface area contributed by atoms with Crippen molar-refractivity contribution in [2.45, 2.75) is 44.2 Å². The van der Waals surface area contributed by atoms with E-state index in [1.165, 1.54) is 12.1 Å². The zero-order valence-electron chi connectivity index (χ0n) is 11.8. The molecule has 0 aromatic heterocycles. The van der Waals surface area contributed by atoms with Gasteiger partial charge in [-0.15, -0.1) is 0 Å². The Morgan fingerprint density at radius 3 is 2.55 bits per heavy atom. The van der Waals surface area contributed by atoms with Crippen LogP contribution in [0.4, 0.5) is 8.78 Å². The van der Waals surface area contributed by atoms with Gasteiger partial charge in [0.25, 0.3) is 0 Å². The lowest BCUT2D eigenvalue weighted by Gasteiger charge is -2.43. The van der Waals surface area contributed by atoms with Crippen molar-refractivity contribution >= 4 is 15.9 Å². The summed E-state index contributed by atoms with van der Waals surface area (Å²) in [6.45, 7) is 2.65. The molecule has 2 nitrogen and oxygen atoms in total. The summed E-state index contributed by atoms with van der Waals surface area (Å²) in [5.41, 5.74) is 0.180. The highest BCUT2D eigenvalue weighted by Crippen LogP contribution is 2.42. The molecule has 1 aliphatic carbocycles. The maximum absolute atomic E-state index is 14.1. The Labute approximate surface area is 127 Å². The van der Waals surface area contributed by atoms with Gasteiger partial charge in [-0.25, -0.2) is 8.78 Å². The van der Waals surface area contributed by atoms with Gasteiger partial charge >= 0.3 is 0 Å². The van der Waals surface area contributed by atoms with Gasteiger partial charge in [0.1, 0.15) is 11.6 Å². The molecule has 20 heavy (non-hydrogen) atoms. The van der Waals surface area contributed by atoms with Crippen LogP contribution in [0.1, 0.15) is 44.2 Å². The molecular formula is C15H20BrF2NO. The summed E-state index contributed by atoms with van der Waals surface area (Å²) in [4.78, 5) is 0. The van der Waals surface area contributed by atoms with Crippen molar-refractivity contribution in [1.82, 2.24) is 5.32 Å². The van der Waals surface area contributed by atoms with Crippen molar-refractivity contribution in [3.63, 3.8) is 0 Å². The van der Waals surface area contributed by atoms with E-state index in [1.54, 1.807) is 7.11 Å². The Morgan fingerprint density at radius 2 is 2.05 bits per heavy atom. The molecule has 0 heterocycles. The number of rotatable bonds is 6. The molecular weight excluding hydrogens is 328 g/mol. The quantitative estimate of drug-likeness (QED) is 0.773. The monoisotopic (exact) mass is 347 g/mol. The minimum atomic E-state index is -0.440. The molecule has 1 saturated carbocycles. The van der Waals surface area contributed by atoms with Gasteiger partial charge in [-0.3, -0.25) is 0 Å². The fourth-order valence-corrected chi connectivity index (χ4v) is 3.09. The van der Waals surface area contributed by atoms with Crippen LogP contribution in [-0.4, -0.2) is 19.3 Å². The molecule has 1 aromatic rings. The third-order valence-corrected chi connectivity index (χ3v) is 4.75. The maximum Gasteiger partial charge on any atom is 0.137 e. The van der Waals surface area contributed by atoms with Crippen LogP contribution in [0, 0.1) is 11.6 Å². The first-order chi connectivity index (χ1) is 9.51. The van der Waals surface area contributed by atoms with E-state index in [4.69, 9.17) is 4.74 Å². The summed E-state index contributed by atoms with van der Waals surface area (Å²) < 4.78 is 33.6. The topological polar surface area (TPSA) is 21.3 Å².